The van der Waals surface area contributed by atoms with E-state index in [2.05, 4.69) is 13.8 Å². The summed E-state index contributed by atoms with van der Waals surface area (Å²) in [5.74, 6) is -2.33. The summed E-state index contributed by atoms with van der Waals surface area (Å²) in [4.78, 5) is 45.3. The highest BCUT2D eigenvalue weighted by Gasteiger charge is 2.75. The molecule has 36 heavy (non-hydrogen) atoms. The van der Waals surface area contributed by atoms with Gasteiger partial charge in [0.2, 0.25) is 11.8 Å². The zero-order valence-corrected chi connectivity index (χ0v) is 22.0. The number of hydrogen-bond acceptors (Lipinski definition) is 6. The zero-order valence-electron chi connectivity index (χ0n) is 22.0. The Morgan fingerprint density at radius 3 is 2.56 bits per heavy atom. The van der Waals surface area contributed by atoms with Crippen LogP contribution in [0.15, 0.2) is 24.3 Å². The first-order chi connectivity index (χ1) is 17.4. The first kappa shape index (κ1) is 26.9. The highest BCUT2D eigenvalue weighted by Crippen LogP contribution is 2.58. The molecule has 6 atom stereocenters. The molecular weight excluding hydrogens is 460 g/mol. The van der Waals surface area contributed by atoms with Gasteiger partial charge in [0.1, 0.15) is 23.2 Å². The molecule has 1 N–H and O–H groups in total. The van der Waals surface area contributed by atoms with E-state index in [1.165, 1.54) is 0 Å². The van der Waals surface area contributed by atoms with Crippen LogP contribution in [0.25, 0.3) is 0 Å². The van der Waals surface area contributed by atoms with Crippen molar-refractivity contribution in [1.29, 1.82) is 0 Å². The van der Waals surface area contributed by atoms with E-state index in [4.69, 9.17) is 14.6 Å². The van der Waals surface area contributed by atoms with E-state index in [9.17, 15) is 14.4 Å². The van der Waals surface area contributed by atoms with Crippen LogP contribution in [0.5, 0.6) is 0 Å². The summed E-state index contributed by atoms with van der Waals surface area (Å²) in [6, 6.07) is -0.785. The fourth-order valence-corrected chi connectivity index (χ4v) is 6.70. The predicted octanol–water partition coefficient (Wildman–Crippen LogP) is 2.99. The lowest BCUT2D eigenvalue weighted by Crippen LogP contribution is -2.57. The molecule has 2 fully saturated rings. The second-order valence-electron chi connectivity index (χ2n) is 10.7. The number of amides is 2. The average molecular weight is 503 g/mol. The number of carbonyl (C=O) groups is 3. The van der Waals surface area contributed by atoms with E-state index in [0.29, 0.717) is 25.9 Å². The first-order valence-corrected chi connectivity index (χ1v) is 13.8. The van der Waals surface area contributed by atoms with Crippen molar-refractivity contribution >= 4 is 17.8 Å². The van der Waals surface area contributed by atoms with Gasteiger partial charge in [-0.2, -0.15) is 0 Å². The molecule has 4 rings (SSSR count). The van der Waals surface area contributed by atoms with Crippen LogP contribution >= 0.6 is 0 Å². The number of rotatable bonds is 10. The third-order valence-corrected chi connectivity index (χ3v) is 8.48. The van der Waals surface area contributed by atoms with Gasteiger partial charge in [0.05, 0.1) is 12.5 Å². The molecule has 0 saturated carbocycles. The van der Waals surface area contributed by atoms with Crippen molar-refractivity contribution in [3.63, 3.8) is 0 Å². The predicted molar refractivity (Wildman–Crippen MR) is 135 cm³/mol. The summed E-state index contributed by atoms with van der Waals surface area (Å²) < 4.78 is 12.5. The maximum Gasteiger partial charge on any atom is 0.313 e. The molecule has 0 aromatic heterocycles. The number of unbranched alkanes of at least 4 members (excludes halogenated alkanes) is 3. The van der Waals surface area contributed by atoms with Crippen LogP contribution in [-0.2, 0) is 23.9 Å². The highest BCUT2D eigenvalue weighted by molar-refractivity contribution is 5.99. The monoisotopic (exact) mass is 502 g/mol. The highest BCUT2D eigenvalue weighted by atomic mass is 16.6. The largest absolute Gasteiger partial charge is 0.465 e. The molecule has 2 unspecified atom stereocenters. The smallest absolute Gasteiger partial charge is 0.313 e. The van der Waals surface area contributed by atoms with Crippen molar-refractivity contribution in [3.05, 3.63) is 24.3 Å². The van der Waals surface area contributed by atoms with E-state index in [1.54, 1.807) is 4.90 Å². The Labute approximate surface area is 214 Å². The summed E-state index contributed by atoms with van der Waals surface area (Å²) >= 11 is 0. The Kier molecular flexibility index (Phi) is 8.25. The number of aliphatic hydroxyl groups excluding tert-OH is 1. The third kappa shape index (κ3) is 4.40. The van der Waals surface area contributed by atoms with Gasteiger partial charge in [-0.3, -0.25) is 14.4 Å². The molecule has 4 heterocycles. The van der Waals surface area contributed by atoms with E-state index < -0.39 is 35.0 Å². The third-order valence-electron chi connectivity index (χ3n) is 8.48. The van der Waals surface area contributed by atoms with Crippen LogP contribution in [0.3, 0.4) is 0 Å². The summed E-state index contributed by atoms with van der Waals surface area (Å²) in [5, 5.41) is 9.11. The molecule has 4 aliphatic rings. The van der Waals surface area contributed by atoms with Crippen LogP contribution < -0.4 is 0 Å². The number of nitrogens with zero attached hydrogens (tertiary/aromatic N) is 2. The molecule has 8 heteroatoms. The SMILES string of the molecule is CCCC(C)N1CC=C[C@]23O[C@]4(CC)C=CCCOC(=O)[C@@H]4[C@H]2C(=O)N(CCCCCCO)C3C1=O. The normalized spacial score (nSPS) is 34.6. The Morgan fingerprint density at radius 1 is 1.06 bits per heavy atom. The van der Waals surface area contributed by atoms with Gasteiger partial charge < -0.3 is 24.4 Å². The standard InChI is InChI=1S/C28H42N2O6/c1-4-13-20(3)29-17-12-15-28-21(22-26(34)35-19-11-8-14-27(22,5-2)36-28)24(32)30(23(28)25(29)33)16-9-6-7-10-18-31/h8,12,14-15,20-23,31H,4-7,9-11,13,16-19H2,1-3H3/t20?,21-,22-,23?,27+,28-/m0/s1. The lowest BCUT2D eigenvalue weighted by molar-refractivity contribution is -0.162. The molecule has 4 aliphatic heterocycles. The maximum absolute atomic E-state index is 14.2. The van der Waals surface area contributed by atoms with Crippen LogP contribution in [0.1, 0.15) is 72.1 Å². The van der Waals surface area contributed by atoms with Gasteiger partial charge in [-0.15, -0.1) is 0 Å². The molecule has 1 spiro atoms. The number of cyclic esters (lactones) is 1. The van der Waals surface area contributed by atoms with Gasteiger partial charge in [0.15, 0.2) is 0 Å². The average Bonchev–Trinajstić information content (AvgIpc) is 3.19. The Bertz CT molecular complexity index is 902. The van der Waals surface area contributed by atoms with Crippen molar-refractivity contribution in [2.45, 2.75) is 95.4 Å². The van der Waals surface area contributed by atoms with Crippen LogP contribution in [0, 0.1) is 11.8 Å². The fraction of sp³-hybridized carbons (Fsp3) is 0.750. The van der Waals surface area contributed by atoms with E-state index in [-0.39, 0.29) is 31.1 Å². The summed E-state index contributed by atoms with van der Waals surface area (Å²) in [6.07, 6.45) is 13.8. The van der Waals surface area contributed by atoms with E-state index in [0.717, 1.165) is 38.5 Å². The number of fused-ring (bicyclic) bond motifs is 2. The van der Waals surface area contributed by atoms with E-state index in [1.807, 2.05) is 36.1 Å². The minimum absolute atomic E-state index is 0.0305. The number of hydrogen-bond donors (Lipinski definition) is 1. The summed E-state index contributed by atoms with van der Waals surface area (Å²) in [6.45, 7) is 7.41. The second-order valence-corrected chi connectivity index (χ2v) is 10.7. The lowest BCUT2D eigenvalue weighted by Gasteiger charge is -2.39. The minimum atomic E-state index is -1.21. The molecule has 0 bridgehead atoms. The van der Waals surface area contributed by atoms with Gasteiger partial charge >= 0.3 is 5.97 Å². The van der Waals surface area contributed by atoms with Crippen molar-refractivity contribution in [2.75, 3.05) is 26.3 Å². The topological polar surface area (TPSA) is 96.4 Å². The Balaban J connectivity index is 1.77. The minimum Gasteiger partial charge on any atom is -0.465 e. The molecule has 0 aromatic carbocycles. The van der Waals surface area contributed by atoms with E-state index >= 15 is 0 Å². The van der Waals surface area contributed by atoms with Gasteiger partial charge in [0, 0.05) is 25.7 Å². The molecule has 2 saturated heterocycles. The summed E-state index contributed by atoms with van der Waals surface area (Å²) in [7, 11) is 0. The molecule has 2 amide bonds. The maximum atomic E-state index is 14.2. The van der Waals surface area contributed by atoms with Crippen LogP contribution in [0.4, 0.5) is 0 Å². The number of esters is 1. The fourth-order valence-electron chi connectivity index (χ4n) is 6.70. The van der Waals surface area contributed by atoms with Crippen molar-refractivity contribution in [1.82, 2.24) is 9.80 Å². The zero-order chi connectivity index (χ0) is 25.9. The van der Waals surface area contributed by atoms with Gasteiger partial charge in [0.25, 0.3) is 0 Å². The molecule has 0 aromatic rings. The van der Waals surface area contributed by atoms with Gasteiger partial charge in [-0.25, -0.2) is 0 Å². The second kappa shape index (κ2) is 11.1. The molecule has 200 valence electrons. The number of likely N-dealkylation sites (tertiary alicyclic amines) is 1. The van der Waals surface area contributed by atoms with Gasteiger partial charge in [-0.05, 0) is 39.0 Å². The number of aliphatic hydroxyl groups is 1. The van der Waals surface area contributed by atoms with Crippen molar-refractivity contribution in [3.8, 4) is 0 Å². The lowest BCUT2D eigenvalue weighted by atomic mass is 9.73. The molecule has 0 radical (unpaired) electrons. The Morgan fingerprint density at radius 2 is 1.83 bits per heavy atom. The quantitative estimate of drug-likeness (QED) is 0.280. The summed E-state index contributed by atoms with van der Waals surface area (Å²) in [5.41, 5.74) is -2.20. The first-order valence-electron chi connectivity index (χ1n) is 13.8. The van der Waals surface area contributed by atoms with Gasteiger partial charge in [-0.1, -0.05) is 57.4 Å². The number of carbonyl (C=O) groups excluding carboxylic acids is 3. The van der Waals surface area contributed by atoms with Crippen molar-refractivity contribution < 1.29 is 29.0 Å². The van der Waals surface area contributed by atoms with Crippen LogP contribution in [-0.4, -0.2) is 82.3 Å². The number of ether oxygens (including phenoxy) is 2. The van der Waals surface area contributed by atoms with Crippen molar-refractivity contribution in [2.24, 2.45) is 11.8 Å². The molecular formula is C28H42N2O6. The molecule has 8 nitrogen and oxygen atoms in total. The Hall–Kier alpha value is -2.19. The molecule has 0 aliphatic carbocycles. The van der Waals surface area contributed by atoms with Crippen LogP contribution in [0.2, 0.25) is 0 Å².